The first-order chi connectivity index (χ1) is 9.54. The number of hydrogen-bond acceptors (Lipinski definition) is 4. The highest BCUT2D eigenvalue weighted by atomic mass is 32.2. The van der Waals surface area contributed by atoms with Crippen molar-refractivity contribution in [2.45, 2.75) is 18.1 Å². The molecule has 20 heavy (non-hydrogen) atoms. The van der Waals surface area contributed by atoms with Crippen molar-refractivity contribution in [2.75, 3.05) is 11.6 Å². The minimum absolute atomic E-state index is 0.162. The molecule has 2 aromatic rings. The molecule has 1 aromatic carbocycles. The number of carbonyl (C=O) groups excluding carboxylic acids is 1. The third-order valence-corrected chi connectivity index (χ3v) is 3.15. The monoisotopic (exact) mass is 296 g/mol. The molecule has 1 heterocycles. The standard InChI is InChI=1S/C12H13FN4O2S/c1-20(19)12-14-8-17(16-12)6-5-11(18)15-10-4-2-3-9(13)7-10/h2-4,7-8H,5-6H2,1H3,(H,15,18). The summed E-state index contributed by atoms with van der Waals surface area (Å²) >= 11 is 0. The van der Waals surface area contributed by atoms with Gasteiger partial charge in [0.15, 0.2) is 0 Å². The van der Waals surface area contributed by atoms with E-state index in [2.05, 4.69) is 15.4 Å². The maximum absolute atomic E-state index is 12.9. The van der Waals surface area contributed by atoms with Crippen molar-refractivity contribution in [3.63, 3.8) is 0 Å². The highest BCUT2D eigenvalue weighted by molar-refractivity contribution is 7.84. The van der Waals surface area contributed by atoms with Gasteiger partial charge in [-0.25, -0.2) is 9.37 Å². The second-order valence-electron chi connectivity index (χ2n) is 4.05. The topological polar surface area (TPSA) is 76.9 Å². The summed E-state index contributed by atoms with van der Waals surface area (Å²) in [6, 6.07) is 5.67. The Morgan fingerprint density at radius 1 is 1.50 bits per heavy atom. The van der Waals surface area contributed by atoms with Crippen LogP contribution < -0.4 is 5.32 Å². The Morgan fingerprint density at radius 3 is 2.95 bits per heavy atom. The maximum atomic E-state index is 12.9. The maximum Gasteiger partial charge on any atom is 0.238 e. The van der Waals surface area contributed by atoms with Crippen molar-refractivity contribution >= 4 is 22.4 Å². The fourth-order valence-electron chi connectivity index (χ4n) is 1.52. The summed E-state index contributed by atoms with van der Waals surface area (Å²) < 4.78 is 25.5. The number of amides is 1. The number of benzene rings is 1. The molecule has 0 radical (unpaired) electrons. The zero-order valence-electron chi connectivity index (χ0n) is 10.7. The highest BCUT2D eigenvalue weighted by Crippen LogP contribution is 2.09. The van der Waals surface area contributed by atoms with Gasteiger partial charge in [0.05, 0.1) is 17.3 Å². The number of rotatable bonds is 5. The highest BCUT2D eigenvalue weighted by Gasteiger charge is 2.07. The summed E-state index contributed by atoms with van der Waals surface area (Å²) in [6.07, 6.45) is 3.07. The van der Waals surface area contributed by atoms with Crippen LogP contribution in [0.25, 0.3) is 0 Å². The van der Waals surface area contributed by atoms with Crippen LogP contribution in [0.1, 0.15) is 6.42 Å². The number of halogens is 1. The van der Waals surface area contributed by atoms with Crippen LogP contribution in [0.2, 0.25) is 0 Å². The molecule has 6 nitrogen and oxygen atoms in total. The van der Waals surface area contributed by atoms with Crippen LogP contribution in [0.3, 0.4) is 0 Å². The SMILES string of the molecule is CS(=O)c1ncn(CCC(=O)Nc2cccc(F)c2)n1. The van der Waals surface area contributed by atoms with Crippen molar-refractivity contribution in [3.05, 3.63) is 36.4 Å². The molecule has 0 fully saturated rings. The van der Waals surface area contributed by atoms with E-state index in [0.717, 1.165) is 0 Å². The molecule has 2 rings (SSSR count). The number of aromatic nitrogens is 3. The predicted molar refractivity (Wildman–Crippen MR) is 72.0 cm³/mol. The van der Waals surface area contributed by atoms with E-state index < -0.39 is 16.6 Å². The van der Waals surface area contributed by atoms with Crippen LogP contribution in [-0.2, 0) is 22.1 Å². The molecule has 1 unspecified atom stereocenters. The van der Waals surface area contributed by atoms with Crippen LogP contribution in [0.4, 0.5) is 10.1 Å². The van der Waals surface area contributed by atoms with Crippen LogP contribution >= 0.6 is 0 Å². The molecule has 0 aliphatic rings. The number of carbonyl (C=O) groups is 1. The van der Waals surface area contributed by atoms with E-state index in [1.807, 2.05) is 0 Å². The van der Waals surface area contributed by atoms with Crippen molar-refractivity contribution < 1.29 is 13.4 Å². The normalized spacial score (nSPS) is 12.1. The summed E-state index contributed by atoms with van der Waals surface area (Å²) in [6.45, 7) is 0.311. The van der Waals surface area contributed by atoms with Crippen molar-refractivity contribution in [3.8, 4) is 0 Å². The molecule has 0 saturated heterocycles. The van der Waals surface area contributed by atoms with Gasteiger partial charge < -0.3 is 5.32 Å². The van der Waals surface area contributed by atoms with Gasteiger partial charge in [-0.3, -0.25) is 13.7 Å². The van der Waals surface area contributed by atoms with E-state index in [4.69, 9.17) is 0 Å². The van der Waals surface area contributed by atoms with Gasteiger partial charge in [-0.15, -0.1) is 5.10 Å². The molecule has 1 aromatic heterocycles. The van der Waals surface area contributed by atoms with Gasteiger partial charge >= 0.3 is 0 Å². The molecule has 0 spiro atoms. The fourth-order valence-corrected chi connectivity index (χ4v) is 1.94. The third kappa shape index (κ3) is 3.95. The van der Waals surface area contributed by atoms with Crippen molar-refractivity contribution in [1.82, 2.24) is 14.8 Å². The number of aryl methyl sites for hydroxylation is 1. The lowest BCUT2D eigenvalue weighted by Gasteiger charge is -2.05. The minimum Gasteiger partial charge on any atom is -0.326 e. The average molecular weight is 296 g/mol. The minimum atomic E-state index is -1.24. The van der Waals surface area contributed by atoms with Crippen LogP contribution in [-0.4, -0.2) is 31.1 Å². The second-order valence-corrected chi connectivity index (χ2v) is 5.33. The Morgan fingerprint density at radius 2 is 2.30 bits per heavy atom. The number of anilines is 1. The van der Waals surface area contributed by atoms with Crippen LogP contribution in [0.15, 0.2) is 35.7 Å². The molecule has 0 bridgehead atoms. The molecule has 8 heteroatoms. The Labute approximate surface area is 117 Å². The van der Waals surface area contributed by atoms with Gasteiger partial charge in [-0.05, 0) is 18.2 Å². The molecule has 1 amide bonds. The molecule has 106 valence electrons. The fraction of sp³-hybridized carbons (Fsp3) is 0.250. The summed E-state index contributed by atoms with van der Waals surface area (Å²) in [5.74, 6) is -0.667. The number of nitrogens with zero attached hydrogens (tertiary/aromatic N) is 3. The Kier molecular flexibility index (Phi) is 4.57. The van der Waals surface area contributed by atoms with Gasteiger partial charge in [0, 0.05) is 18.4 Å². The van der Waals surface area contributed by atoms with E-state index in [-0.39, 0.29) is 17.5 Å². The summed E-state index contributed by atoms with van der Waals surface area (Å²) in [5.41, 5.74) is 0.406. The lowest BCUT2D eigenvalue weighted by Crippen LogP contribution is -2.15. The molecule has 1 N–H and O–H groups in total. The van der Waals surface area contributed by atoms with E-state index >= 15 is 0 Å². The molecule has 0 aliphatic heterocycles. The molecular formula is C12H13FN4O2S. The van der Waals surface area contributed by atoms with Gasteiger partial charge in [-0.1, -0.05) is 6.07 Å². The molecule has 1 atom stereocenters. The lowest BCUT2D eigenvalue weighted by atomic mass is 10.3. The first-order valence-electron chi connectivity index (χ1n) is 5.83. The third-order valence-electron chi connectivity index (χ3n) is 2.45. The predicted octanol–water partition coefficient (Wildman–Crippen LogP) is 1.18. The number of hydrogen-bond donors (Lipinski definition) is 1. The van der Waals surface area contributed by atoms with E-state index in [0.29, 0.717) is 12.2 Å². The summed E-state index contributed by atoms with van der Waals surface area (Å²) in [5, 5.41) is 6.78. The van der Waals surface area contributed by atoms with E-state index in [1.54, 1.807) is 6.07 Å². The summed E-state index contributed by atoms with van der Waals surface area (Å²) in [4.78, 5) is 15.5. The van der Waals surface area contributed by atoms with E-state index in [1.165, 1.54) is 35.5 Å². The molecule has 0 aliphatic carbocycles. The zero-order chi connectivity index (χ0) is 14.5. The smallest absolute Gasteiger partial charge is 0.238 e. The second kappa shape index (κ2) is 6.38. The first-order valence-corrected chi connectivity index (χ1v) is 7.38. The number of nitrogens with one attached hydrogen (secondary N) is 1. The van der Waals surface area contributed by atoms with Crippen LogP contribution in [0.5, 0.6) is 0 Å². The zero-order valence-corrected chi connectivity index (χ0v) is 11.6. The van der Waals surface area contributed by atoms with E-state index in [9.17, 15) is 13.4 Å². The summed E-state index contributed by atoms with van der Waals surface area (Å²) in [7, 11) is -1.24. The Hall–Kier alpha value is -2.09. The Balaban J connectivity index is 1.87. The quantitative estimate of drug-likeness (QED) is 0.899. The Bertz CT molecular complexity index is 644. The van der Waals surface area contributed by atoms with Gasteiger partial charge in [0.2, 0.25) is 11.1 Å². The molecule has 0 saturated carbocycles. The average Bonchev–Trinajstić information content (AvgIpc) is 2.85. The first kappa shape index (κ1) is 14.3. The van der Waals surface area contributed by atoms with Crippen LogP contribution in [0, 0.1) is 5.82 Å². The van der Waals surface area contributed by atoms with Gasteiger partial charge in [-0.2, -0.15) is 0 Å². The van der Waals surface area contributed by atoms with Gasteiger partial charge in [0.1, 0.15) is 12.1 Å². The van der Waals surface area contributed by atoms with Gasteiger partial charge in [0.25, 0.3) is 0 Å². The van der Waals surface area contributed by atoms with Crippen molar-refractivity contribution in [1.29, 1.82) is 0 Å². The molecular weight excluding hydrogens is 283 g/mol. The van der Waals surface area contributed by atoms with Crippen molar-refractivity contribution in [2.24, 2.45) is 0 Å². The largest absolute Gasteiger partial charge is 0.326 e. The lowest BCUT2D eigenvalue weighted by molar-refractivity contribution is -0.116.